The minimum absolute atomic E-state index is 0.0117. The molecule has 0 fully saturated rings. The van der Waals surface area contributed by atoms with Crippen LogP contribution >= 0.6 is 0 Å². The van der Waals surface area contributed by atoms with Crippen LogP contribution in [-0.4, -0.2) is 39.6 Å². The molecule has 0 saturated carbocycles. The SMILES string of the molecule is COc1nc(OCC(F)F)c(F)cc1NS(=O)(=O)c1cccc2c1CCC(C)O2. The van der Waals surface area contributed by atoms with Crippen molar-refractivity contribution < 1.29 is 35.8 Å². The summed E-state index contributed by atoms with van der Waals surface area (Å²) in [6.45, 7) is 0.825. The summed E-state index contributed by atoms with van der Waals surface area (Å²) < 4.78 is 82.0. The van der Waals surface area contributed by atoms with Gasteiger partial charge in [0.25, 0.3) is 22.3 Å². The smallest absolute Gasteiger partial charge is 0.272 e. The van der Waals surface area contributed by atoms with Crippen LogP contribution in [0.2, 0.25) is 0 Å². The van der Waals surface area contributed by atoms with Crippen molar-refractivity contribution in [2.24, 2.45) is 0 Å². The number of ether oxygens (including phenoxy) is 3. The molecule has 1 aliphatic heterocycles. The van der Waals surface area contributed by atoms with Gasteiger partial charge in [-0.05, 0) is 31.9 Å². The van der Waals surface area contributed by atoms with Crippen molar-refractivity contribution in [3.63, 3.8) is 0 Å². The molecule has 1 aromatic carbocycles. The zero-order chi connectivity index (χ0) is 21.2. The fourth-order valence-corrected chi connectivity index (χ4v) is 4.24. The molecular weight excluding hydrogens is 413 g/mol. The summed E-state index contributed by atoms with van der Waals surface area (Å²) in [6.07, 6.45) is -1.71. The number of anilines is 1. The average molecular weight is 432 g/mol. The number of fused-ring (bicyclic) bond motifs is 1. The molecule has 1 atom stereocenters. The lowest BCUT2D eigenvalue weighted by molar-refractivity contribution is 0.0770. The van der Waals surface area contributed by atoms with E-state index in [2.05, 4.69) is 14.4 Å². The van der Waals surface area contributed by atoms with Gasteiger partial charge >= 0.3 is 0 Å². The molecule has 1 unspecified atom stereocenters. The lowest BCUT2D eigenvalue weighted by Crippen LogP contribution is -2.23. The van der Waals surface area contributed by atoms with E-state index in [1.807, 2.05) is 6.92 Å². The number of alkyl halides is 2. The van der Waals surface area contributed by atoms with Crippen LogP contribution in [0.1, 0.15) is 18.9 Å². The molecule has 3 rings (SSSR count). The molecule has 29 heavy (non-hydrogen) atoms. The molecule has 0 radical (unpaired) electrons. The van der Waals surface area contributed by atoms with Crippen LogP contribution in [0.25, 0.3) is 0 Å². The molecule has 0 aliphatic carbocycles. The predicted octanol–water partition coefficient (Wildman–Crippen LogP) is 3.39. The number of halogens is 3. The number of hydrogen-bond acceptors (Lipinski definition) is 6. The summed E-state index contributed by atoms with van der Waals surface area (Å²) in [5.74, 6) is -1.69. The first-order chi connectivity index (χ1) is 13.7. The van der Waals surface area contributed by atoms with Gasteiger partial charge in [-0.1, -0.05) is 6.07 Å². The topological polar surface area (TPSA) is 86.8 Å². The fourth-order valence-electron chi connectivity index (χ4n) is 2.91. The monoisotopic (exact) mass is 432 g/mol. The maximum Gasteiger partial charge on any atom is 0.272 e. The minimum Gasteiger partial charge on any atom is -0.490 e. The van der Waals surface area contributed by atoms with Crippen LogP contribution < -0.4 is 18.9 Å². The summed E-state index contributed by atoms with van der Waals surface area (Å²) >= 11 is 0. The highest BCUT2D eigenvalue weighted by Gasteiger charge is 2.27. The van der Waals surface area contributed by atoms with Gasteiger partial charge in [0.05, 0.1) is 18.1 Å². The Morgan fingerprint density at radius 1 is 1.34 bits per heavy atom. The Bertz CT molecular complexity index is 1000. The Kier molecular flexibility index (Phi) is 6.06. The lowest BCUT2D eigenvalue weighted by Gasteiger charge is -2.25. The molecule has 0 spiro atoms. The summed E-state index contributed by atoms with van der Waals surface area (Å²) in [6, 6.07) is 5.40. The van der Waals surface area contributed by atoms with Crippen LogP contribution in [-0.2, 0) is 16.4 Å². The van der Waals surface area contributed by atoms with Gasteiger partial charge in [0.1, 0.15) is 11.4 Å². The van der Waals surface area contributed by atoms with Crippen molar-refractivity contribution in [3.05, 3.63) is 35.6 Å². The standard InChI is InChI=1S/C18H19F3N2O5S/c1-10-6-7-11-14(28-10)4-3-5-15(11)29(24,25)23-13-8-12(19)17(22-18(13)26-2)27-9-16(20)21/h3-5,8,10,16,23H,6-7,9H2,1-2H3. The fraction of sp³-hybridized carbons (Fsp3) is 0.389. The highest BCUT2D eigenvalue weighted by atomic mass is 32.2. The van der Waals surface area contributed by atoms with Gasteiger partial charge in [-0.2, -0.15) is 4.98 Å². The maximum atomic E-state index is 14.2. The Balaban J connectivity index is 1.93. The van der Waals surface area contributed by atoms with Gasteiger partial charge in [0, 0.05) is 11.6 Å². The summed E-state index contributed by atoms with van der Waals surface area (Å²) in [5, 5.41) is 0. The quantitative estimate of drug-likeness (QED) is 0.722. The number of aromatic nitrogens is 1. The van der Waals surface area contributed by atoms with Gasteiger partial charge in [0.15, 0.2) is 12.4 Å². The Morgan fingerprint density at radius 2 is 2.10 bits per heavy atom. The van der Waals surface area contributed by atoms with Gasteiger partial charge < -0.3 is 14.2 Å². The molecular formula is C18H19F3N2O5S. The summed E-state index contributed by atoms with van der Waals surface area (Å²) in [7, 11) is -2.96. The number of rotatable bonds is 7. The molecule has 1 N–H and O–H groups in total. The summed E-state index contributed by atoms with van der Waals surface area (Å²) in [4.78, 5) is 3.62. The number of sulfonamides is 1. The Hall–Kier alpha value is -2.69. The van der Waals surface area contributed by atoms with E-state index in [0.29, 0.717) is 24.2 Å². The third kappa shape index (κ3) is 4.66. The zero-order valence-corrected chi connectivity index (χ0v) is 16.4. The molecule has 0 amide bonds. The van der Waals surface area contributed by atoms with Crippen molar-refractivity contribution in [2.45, 2.75) is 37.2 Å². The van der Waals surface area contributed by atoms with Crippen molar-refractivity contribution in [1.29, 1.82) is 0 Å². The highest BCUT2D eigenvalue weighted by molar-refractivity contribution is 7.92. The molecule has 2 aromatic rings. The molecule has 1 aromatic heterocycles. The number of nitrogens with zero attached hydrogens (tertiary/aromatic N) is 1. The van der Waals surface area contributed by atoms with E-state index in [1.165, 1.54) is 13.2 Å². The second-order valence-electron chi connectivity index (χ2n) is 6.34. The van der Waals surface area contributed by atoms with E-state index in [1.54, 1.807) is 12.1 Å². The van der Waals surface area contributed by atoms with Crippen molar-refractivity contribution in [2.75, 3.05) is 18.4 Å². The number of hydrogen-bond donors (Lipinski definition) is 1. The average Bonchev–Trinajstić information content (AvgIpc) is 2.66. The van der Waals surface area contributed by atoms with Crippen LogP contribution in [0.4, 0.5) is 18.9 Å². The number of nitrogens with one attached hydrogen (secondary N) is 1. The number of benzene rings is 1. The van der Waals surface area contributed by atoms with E-state index in [4.69, 9.17) is 9.47 Å². The minimum atomic E-state index is -4.14. The lowest BCUT2D eigenvalue weighted by atomic mass is 10.0. The normalized spacial score (nSPS) is 16.1. The van der Waals surface area contributed by atoms with Crippen LogP contribution in [0.3, 0.4) is 0 Å². The van der Waals surface area contributed by atoms with Gasteiger partial charge in [-0.3, -0.25) is 4.72 Å². The van der Waals surface area contributed by atoms with E-state index < -0.39 is 34.8 Å². The van der Waals surface area contributed by atoms with E-state index in [0.717, 1.165) is 6.07 Å². The van der Waals surface area contributed by atoms with Crippen LogP contribution in [0, 0.1) is 5.82 Å². The van der Waals surface area contributed by atoms with Gasteiger partial charge in [-0.15, -0.1) is 0 Å². The first-order valence-corrected chi connectivity index (χ1v) is 10.2. The molecule has 7 nitrogen and oxygen atoms in total. The third-order valence-corrected chi connectivity index (χ3v) is 5.65. The van der Waals surface area contributed by atoms with Crippen LogP contribution in [0.15, 0.2) is 29.2 Å². The molecule has 0 saturated heterocycles. The molecule has 2 heterocycles. The third-order valence-electron chi connectivity index (χ3n) is 4.20. The second kappa shape index (κ2) is 8.36. The van der Waals surface area contributed by atoms with Gasteiger partial charge in [-0.25, -0.2) is 21.6 Å². The Morgan fingerprint density at radius 3 is 2.79 bits per heavy atom. The van der Waals surface area contributed by atoms with Crippen LogP contribution in [0.5, 0.6) is 17.5 Å². The van der Waals surface area contributed by atoms with E-state index >= 15 is 0 Å². The molecule has 11 heteroatoms. The maximum absolute atomic E-state index is 14.2. The first-order valence-electron chi connectivity index (χ1n) is 8.68. The highest BCUT2D eigenvalue weighted by Crippen LogP contribution is 2.35. The second-order valence-corrected chi connectivity index (χ2v) is 7.99. The molecule has 0 bridgehead atoms. The number of methoxy groups -OCH3 is 1. The van der Waals surface area contributed by atoms with Gasteiger partial charge in [0.2, 0.25) is 5.88 Å². The predicted molar refractivity (Wildman–Crippen MR) is 97.9 cm³/mol. The molecule has 158 valence electrons. The van der Waals surface area contributed by atoms with E-state index in [-0.39, 0.29) is 22.6 Å². The summed E-state index contributed by atoms with van der Waals surface area (Å²) in [5.41, 5.74) is 0.222. The van der Waals surface area contributed by atoms with Crippen molar-refractivity contribution in [3.8, 4) is 17.5 Å². The number of pyridine rings is 1. The van der Waals surface area contributed by atoms with Crippen molar-refractivity contribution in [1.82, 2.24) is 4.98 Å². The Labute approximate surface area is 165 Å². The largest absolute Gasteiger partial charge is 0.490 e. The van der Waals surface area contributed by atoms with E-state index in [9.17, 15) is 21.6 Å². The molecule has 1 aliphatic rings. The zero-order valence-electron chi connectivity index (χ0n) is 15.6. The van der Waals surface area contributed by atoms with Crippen molar-refractivity contribution >= 4 is 15.7 Å². The first kappa shape index (κ1) is 21.0.